The Morgan fingerprint density at radius 3 is 2.80 bits per heavy atom. The minimum atomic E-state index is 0.549. The van der Waals surface area contributed by atoms with E-state index in [-0.39, 0.29) is 0 Å². The normalized spacial score (nSPS) is 22.8. The van der Waals surface area contributed by atoms with E-state index in [0.29, 0.717) is 5.92 Å². The van der Waals surface area contributed by atoms with E-state index < -0.39 is 0 Å². The molecule has 1 aromatic carbocycles. The Kier molecular flexibility index (Phi) is 4.58. The molecule has 0 amide bonds. The number of fused-ring (bicyclic) bond motifs is 1. The van der Waals surface area contributed by atoms with Crippen LogP contribution in [0.3, 0.4) is 0 Å². The number of nitrogens with zero attached hydrogens (tertiary/aromatic N) is 1. The molecule has 1 atom stereocenters. The quantitative estimate of drug-likeness (QED) is 0.893. The second-order valence-electron chi connectivity index (χ2n) is 6.09. The average Bonchev–Trinajstić information content (AvgIpc) is 2.91. The molecule has 2 aliphatic heterocycles. The molecule has 3 heteroatoms. The van der Waals surface area contributed by atoms with Crippen molar-refractivity contribution in [2.75, 3.05) is 39.3 Å². The summed E-state index contributed by atoms with van der Waals surface area (Å²) in [5.41, 5.74) is 1.40. The van der Waals surface area contributed by atoms with Crippen LogP contribution in [0.15, 0.2) is 24.3 Å². The van der Waals surface area contributed by atoms with Gasteiger partial charge in [0.15, 0.2) is 0 Å². The van der Waals surface area contributed by atoms with Crippen molar-refractivity contribution in [1.29, 1.82) is 0 Å². The fourth-order valence-electron chi connectivity index (χ4n) is 3.45. The monoisotopic (exact) mass is 274 g/mol. The van der Waals surface area contributed by atoms with E-state index in [9.17, 15) is 0 Å². The first-order valence-electron chi connectivity index (χ1n) is 8.01. The zero-order valence-electron chi connectivity index (χ0n) is 12.5. The lowest BCUT2D eigenvalue weighted by Gasteiger charge is -2.30. The van der Waals surface area contributed by atoms with Gasteiger partial charge in [-0.2, -0.15) is 0 Å². The van der Waals surface area contributed by atoms with Gasteiger partial charge in [-0.25, -0.2) is 0 Å². The van der Waals surface area contributed by atoms with E-state index >= 15 is 0 Å². The van der Waals surface area contributed by atoms with Crippen LogP contribution >= 0.6 is 0 Å². The highest BCUT2D eigenvalue weighted by atomic mass is 16.5. The van der Waals surface area contributed by atoms with Gasteiger partial charge in [0.25, 0.3) is 0 Å². The predicted molar refractivity (Wildman–Crippen MR) is 82.4 cm³/mol. The molecule has 1 saturated heterocycles. The van der Waals surface area contributed by atoms with Crippen molar-refractivity contribution in [2.45, 2.75) is 25.7 Å². The van der Waals surface area contributed by atoms with Gasteiger partial charge in [0, 0.05) is 24.6 Å². The summed E-state index contributed by atoms with van der Waals surface area (Å²) in [7, 11) is 0. The molecule has 3 rings (SSSR count). The minimum absolute atomic E-state index is 0.549. The number of piperidine rings is 1. The maximum absolute atomic E-state index is 5.81. The van der Waals surface area contributed by atoms with Crippen LogP contribution < -0.4 is 10.1 Å². The number of benzene rings is 1. The molecule has 1 fully saturated rings. The van der Waals surface area contributed by atoms with Crippen molar-refractivity contribution < 1.29 is 4.74 Å². The largest absolute Gasteiger partial charge is 0.493 e. The first-order chi connectivity index (χ1) is 9.86. The Labute approximate surface area is 122 Å². The molecule has 0 aliphatic carbocycles. The molecular formula is C17H26N2O. The Bertz CT molecular complexity index is 429. The molecule has 0 radical (unpaired) electrons. The maximum atomic E-state index is 5.81. The first kappa shape index (κ1) is 13.9. The van der Waals surface area contributed by atoms with Gasteiger partial charge in [0.05, 0.1) is 6.61 Å². The average molecular weight is 274 g/mol. The third-order valence-electron chi connectivity index (χ3n) is 4.70. The van der Waals surface area contributed by atoms with Crippen molar-refractivity contribution in [1.82, 2.24) is 10.2 Å². The van der Waals surface area contributed by atoms with E-state index in [1.54, 1.807) is 0 Å². The van der Waals surface area contributed by atoms with Gasteiger partial charge in [0.2, 0.25) is 0 Å². The van der Waals surface area contributed by atoms with Crippen LogP contribution in [0.5, 0.6) is 5.75 Å². The number of likely N-dealkylation sites (N-methyl/N-ethyl adjacent to an activating group) is 1. The fourth-order valence-corrected chi connectivity index (χ4v) is 3.45. The van der Waals surface area contributed by atoms with Crippen LogP contribution in [0.4, 0.5) is 0 Å². The number of rotatable bonds is 5. The van der Waals surface area contributed by atoms with E-state index in [0.717, 1.165) is 31.4 Å². The van der Waals surface area contributed by atoms with Gasteiger partial charge in [-0.3, -0.25) is 0 Å². The summed E-state index contributed by atoms with van der Waals surface area (Å²) in [6.07, 6.45) is 2.66. The second-order valence-corrected chi connectivity index (χ2v) is 6.09. The summed E-state index contributed by atoms with van der Waals surface area (Å²) in [6.45, 7) is 9.04. The van der Waals surface area contributed by atoms with Crippen molar-refractivity contribution in [2.24, 2.45) is 5.92 Å². The van der Waals surface area contributed by atoms with Gasteiger partial charge in [-0.15, -0.1) is 0 Å². The Balaban J connectivity index is 1.58. The number of hydrogen-bond donors (Lipinski definition) is 1. The van der Waals surface area contributed by atoms with E-state index in [1.807, 2.05) is 0 Å². The fraction of sp³-hybridized carbons (Fsp3) is 0.647. The lowest BCUT2D eigenvalue weighted by molar-refractivity contribution is 0.193. The Morgan fingerprint density at radius 1 is 1.20 bits per heavy atom. The van der Waals surface area contributed by atoms with Gasteiger partial charge in [-0.05, 0) is 44.5 Å². The molecule has 0 saturated carbocycles. The molecule has 0 bridgehead atoms. The topological polar surface area (TPSA) is 24.5 Å². The highest BCUT2D eigenvalue weighted by Crippen LogP contribution is 2.34. The Morgan fingerprint density at radius 2 is 2.00 bits per heavy atom. The standard InChI is InChI=1S/C17H26N2O/c1-2-19(11-14-7-9-18-10-8-14)12-15-13-20-17-6-4-3-5-16(15)17/h3-6,14-15,18H,2,7-13H2,1H3. The van der Waals surface area contributed by atoms with E-state index in [2.05, 4.69) is 41.4 Å². The molecule has 110 valence electrons. The molecule has 1 unspecified atom stereocenters. The lowest BCUT2D eigenvalue weighted by atomic mass is 9.96. The molecule has 2 aliphatic rings. The summed E-state index contributed by atoms with van der Waals surface area (Å²) in [5.74, 6) is 2.51. The van der Waals surface area contributed by atoms with Crippen LogP contribution in [-0.4, -0.2) is 44.2 Å². The number of hydrogen-bond acceptors (Lipinski definition) is 3. The summed E-state index contributed by atoms with van der Waals surface area (Å²) < 4.78 is 5.81. The minimum Gasteiger partial charge on any atom is -0.493 e. The van der Waals surface area contributed by atoms with Crippen LogP contribution in [0, 0.1) is 5.92 Å². The number of ether oxygens (including phenoxy) is 1. The van der Waals surface area contributed by atoms with Gasteiger partial charge < -0.3 is 15.0 Å². The summed E-state index contributed by atoms with van der Waals surface area (Å²) in [6, 6.07) is 8.52. The second kappa shape index (κ2) is 6.59. The predicted octanol–water partition coefficient (Wildman–Crippen LogP) is 2.48. The number of nitrogens with one attached hydrogen (secondary N) is 1. The van der Waals surface area contributed by atoms with Crippen LogP contribution in [-0.2, 0) is 0 Å². The molecule has 1 aromatic rings. The van der Waals surface area contributed by atoms with Gasteiger partial charge in [-0.1, -0.05) is 25.1 Å². The van der Waals surface area contributed by atoms with Gasteiger partial charge in [0.1, 0.15) is 5.75 Å². The summed E-state index contributed by atoms with van der Waals surface area (Å²) >= 11 is 0. The third-order valence-corrected chi connectivity index (χ3v) is 4.70. The summed E-state index contributed by atoms with van der Waals surface area (Å²) in [4.78, 5) is 2.62. The van der Waals surface area contributed by atoms with Crippen molar-refractivity contribution in [3.05, 3.63) is 29.8 Å². The van der Waals surface area contributed by atoms with Gasteiger partial charge >= 0.3 is 0 Å². The first-order valence-corrected chi connectivity index (χ1v) is 8.01. The van der Waals surface area contributed by atoms with Crippen LogP contribution in [0.1, 0.15) is 31.2 Å². The lowest BCUT2D eigenvalue weighted by Crippen LogP contribution is -2.38. The van der Waals surface area contributed by atoms with Crippen LogP contribution in [0.2, 0.25) is 0 Å². The molecule has 3 nitrogen and oxygen atoms in total. The molecule has 2 heterocycles. The molecule has 20 heavy (non-hydrogen) atoms. The number of para-hydroxylation sites is 1. The van der Waals surface area contributed by atoms with E-state index in [1.165, 1.54) is 38.0 Å². The van der Waals surface area contributed by atoms with Crippen LogP contribution in [0.25, 0.3) is 0 Å². The zero-order valence-corrected chi connectivity index (χ0v) is 12.5. The van der Waals surface area contributed by atoms with Crippen molar-refractivity contribution in [3.63, 3.8) is 0 Å². The highest BCUT2D eigenvalue weighted by molar-refractivity contribution is 5.39. The maximum Gasteiger partial charge on any atom is 0.122 e. The molecule has 0 spiro atoms. The third kappa shape index (κ3) is 3.15. The highest BCUT2D eigenvalue weighted by Gasteiger charge is 2.26. The van der Waals surface area contributed by atoms with Crippen molar-refractivity contribution >= 4 is 0 Å². The molecule has 0 aromatic heterocycles. The van der Waals surface area contributed by atoms with E-state index in [4.69, 9.17) is 4.74 Å². The summed E-state index contributed by atoms with van der Waals surface area (Å²) in [5, 5.41) is 3.45. The Hall–Kier alpha value is -1.06. The van der Waals surface area contributed by atoms with Crippen molar-refractivity contribution in [3.8, 4) is 5.75 Å². The molecule has 1 N–H and O–H groups in total. The molecular weight excluding hydrogens is 248 g/mol. The SMILES string of the molecule is CCN(CC1CCNCC1)CC1COc2ccccc21. The zero-order chi connectivity index (χ0) is 13.8. The smallest absolute Gasteiger partial charge is 0.122 e.